The normalized spacial score (nSPS) is 12.1. The number of para-hydroxylation sites is 1. The highest BCUT2D eigenvalue weighted by Crippen LogP contribution is 2.16. The average molecular weight is 262 g/mol. The van der Waals surface area contributed by atoms with Gasteiger partial charge in [-0.05, 0) is 30.2 Å². The smallest absolute Gasteiger partial charge is 0.119 e. The van der Waals surface area contributed by atoms with Crippen molar-refractivity contribution in [1.82, 2.24) is 0 Å². The van der Waals surface area contributed by atoms with E-state index in [-0.39, 0.29) is 6.04 Å². The van der Waals surface area contributed by atoms with Gasteiger partial charge in [-0.2, -0.15) is 0 Å². The highest BCUT2D eigenvalue weighted by atomic mass is 35.5. The van der Waals surface area contributed by atoms with Crippen molar-refractivity contribution in [1.29, 1.82) is 0 Å². The fourth-order valence-corrected chi connectivity index (χ4v) is 1.94. The lowest BCUT2D eigenvalue weighted by atomic mass is 10.1. The van der Waals surface area contributed by atoms with E-state index in [0.29, 0.717) is 13.0 Å². The predicted octanol–water partition coefficient (Wildman–Crippen LogP) is 3.29. The van der Waals surface area contributed by atoms with Crippen LogP contribution in [0.25, 0.3) is 0 Å². The van der Waals surface area contributed by atoms with E-state index in [0.717, 1.165) is 16.3 Å². The molecule has 18 heavy (non-hydrogen) atoms. The lowest BCUT2D eigenvalue weighted by Gasteiger charge is -2.14. The number of benzene rings is 2. The van der Waals surface area contributed by atoms with E-state index < -0.39 is 0 Å². The van der Waals surface area contributed by atoms with Gasteiger partial charge in [0.1, 0.15) is 12.4 Å². The van der Waals surface area contributed by atoms with Crippen molar-refractivity contribution in [2.24, 2.45) is 5.73 Å². The molecule has 94 valence electrons. The molecule has 2 aromatic rings. The van der Waals surface area contributed by atoms with E-state index >= 15 is 0 Å². The summed E-state index contributed by atoms with van der Waals surface area (Å²) < 4.78 is 5.61. The zero-order chi connectivity index (χ0) is 12.8. The van der Waals surface area contributed by atoms with Gasteiger partial charge in [0.2, 0.25) is 0 Å². The summed E-state index contributed by atoms with van der Waals surface area (Å²) in [5.74, 6) is 0.840. The Labute approximate surface area is 112 Å². The quantitative estimate of drug-likeness (QED) is 0.896. The van der Waals surface area contributed by atoms with Crippen LogP contribution in [0.4, 0.5) is 0 Å². The number of ether oxygens (including phenoxy) is 1. The summed E-state index contributed by atoms with van der Waals surface area (Å²) >= 11 is 6.09. The van der Waals surface area contributed by atoms with Crippen molar-refractivity contribution < 1.29 is 4.74 Å². The van der Waals surface area contributed by atoms with Crippen LogP contribution >= 0.6 is 11.6 Å². The summed E-state index contributed by atoms with van der Waals surface area (Å²) in [6.07, 6.45) is 0.715. The minimum atomic E-state index is -0.0647. The zero-order valence-electron chi connectivity index (χ0n) is 10.1. The SMILES string of the molecule is NC(COc1ccccc1)Cc1ccccc1Cl. The summed E-state index contributed by atoms with van der Waals surface area (Å²) in [5, 5.41) is 0.757. The van der Waals surface area contributed by atoms with Gasteiger partial charge < -0.3 is 10.5 Å². The van der Waals surface area contributed by atoms with Gasteiger partial charge in [-0.3, -0.25) is 0 Å². The maximum absolute atomic E-state index is 6.09. The Morgan fingerprint density at radius 2 is 1.67 bits per heavy atom. The molecular formula is C15H16ClNO. The van der Waals surface area contributed by atoms with Crippen LogP contribution in [-0.2, 0) is 6.42 Å². The molecule has 2 aromatic carbocycles. The zero-order valence-corrected chi connectivity index (χ0v) is 10.8. The lowest BCUT2D eigenvalue weighted by molar-refractivity contribution is 0.287. The van der Waals surface area contributed by atoms with Gasteiger partial charge in [-0.15, -0.1) is 0 Å². The maximum atomic E-state index is 6.09. The van der Waals surface area contributed by atoms with Gasteiger partial charge in [0.05, 0.1) is 0 Å². The molecular weight excluding hydrogens is 246 g/mol. The van der Waals surface area contributed by atoms with Gasteiger partial charge in [0.15, 0.2) is 0 Å². The van der Waals surface area contributed by atoms with Gasteiger partial charge in [-0.1, -0.05) is 48.0 Å². The second kappa shape index (κ2) is 6.43. The molecule has 0 aromatic heterocycles. The molecule has 0 fully saturated rings. The molecule has 2 nitrogen and oxygen atoms in total. The summed E-state index contributed by atoms with van der Waals surface area (Å²) in [5.41, 5.74) is 7.10. The van der Waals surface area contributed by atoms with Crippen molar-refractivity contribution in [3.05, 3.63) is 65.2 Å². The van der Waals surface area contributed by atoms with Crippen LogP contribution in [0.3, 0.4) is 0 Å². The summed E-state index contributed by atoms with van der Waals surface area (Å²) in [4.78, 5) is 0. The fourth-order valence-electron chi connectivity index (χ4n) is 1.73. The standard InChI is InChI=1S/C15H16ClNO/c16-15-9-5-4-6-12(15)10-13(17)11-18-14-7-2-1-3-8-14/h1-9,13H,10-11,17H2. The van der Waals surface area contributed by atoms with Gasteiger partial charge in [-0.25, -0.2) is 0 Å². The number of halogens is 1. The Bertz CT molecular complexity index is 487. The Balaban J connectivity index is 1.86. The summed E-state index contributed by atoms with van der Waals surface area (Å²) in [7, 11) is 0. The second-order valence-electron chi connectivity index (χ2n) is 4.18. The molecule has 2 rings (SSSR count). The Morgan fingerprint density at radius 3 is 2.39 bits per heavy atom. The van der Waals surface area contributed by atoms with E-state index in [4.69, 9.17) is 22.1 Å². The van der Waals surface area contributed by atoms with Crippen LogP contribution in [0.15, 0.2) is 54.6 Å². The lowest BCUT2D eigenvalue weighted by Crippen LogP contribution is -2.30. The highest BCUT2D eigenvalue weighted by Gasteiger charge is 2.07. The Morgan fingerprint density at radius 1 is 1.00 bits per heavy atom. The molecule has 1 atom stereocenters. The van der Waals surface area contributed by atoms with E-state index in [1.165, 1.54) is 0 Å². The molecule has 0 aliphatic carbocycles. The topological polar surface area (TPSA) is 35.2 Å². The first kappa shape index (κ1) is 12.9. The molecule has 3 heteroatoms. The number of hydrogen-bond acceptors (Lipinski definition) is 2. The van der Waals surface area contributed by atoms with E-state index in [1.807, 2.05) is 54.6 Å². The van der Waals surface area contributed by atoms with Crippen molar-refractivity contribution in [2.75, 3.05) is 6.61 Å². The minimum absolute atomic E-state index is 0.0647. The summed E-state index contributed by atoms with van der Waals surface area (Å²) in [6.45, 7) is 0.481. The molecule has 0 aliphatic rings. The van der Waals surface area contributed by atoms with E-state index in [9.17, 15) is 0 Å². The molecule has 0 heterocycles. The first-order valence-corrected chi connectivity index (χ1v) is 6.30. The largest absolute Gasteiger partial charge is 0.492 e. The monoisotopic (exact) mass is 261 g/mol. The molecule has 0 aliphatic heterocycles. The molecule has 0 spiro atoms. The molecule has 0 saturated carbocycles. The fraction of sp³-hybridized carbons (Fsp3) is 0.200. The van der Waals surface area contributed by atoms with Crippen molar-refractivity contribution >= 4 is 11.6 Å². The van der Waals surface area contributed by atoms with Crippen molar-refractivity contribution in [2.45, 2.75) is 12.5 Å². The van der Waals surface area contributed by atoms with Crippen LogP contribution in [0.1, 0.15) is 5.56 Å². The average Bonchev–Trinajstić information content (AvgIpc) is 2.40. The van der Waals surface area contributed by atoms with Gasteiger partial charge in [0, 0.05) is 11.1 Å². The summed E-state index contributed by atoms with van der Waals surface area (Å²) in [6, 6.07) is 17.4. The number of nitrogens with two attached hydrogens (primary N) is 1. The van der Waals surface area contributed by atoms with E-state index in [2.05, 4.69) is 0 Å². The molecule has 1 unspecified atom stereocenters. The first-order chi connectivity index (χ1) is 8.75. The highest BCUT2D eigenvalue weighted by molar-refractivity contribution is 6.31. The molecule has 0 radical (unpaired) electrons. The van der Waals surface area contributed by atoms with Gasteiger partial charge >= 0.3 is 0 Å². The van der Waals surface area contributed by atoms with Gasteiger partial charge in [0.25, 0.3) is 0 Å². The van der Waals surface area contributed by atoms with Crippen molar-refractivity contribution in [3.8, 4) is 5.75 Å². The molecule has 0 amide bonds. The Kier molecular flexibility index (Phi) is 4.62. The van der Waals surface area contributed by atoms with Crippen LogP contribution in [0.2, 0.25) is 5.02 Å². The van der Waals surface area contributed by atoms with Crippen LogP contribution in [0.5, 0.6) is 5.75 Å². The van der Waals surface area contributed by atoms with Crippen molar-refractivity contribution in [3.63, 3.8) is 0 Å². The predicted molar refractivity (Wildman–Crippen MR) is 75.1 cm³/mol. The molecule has 0 bridgehead atoms. The number of hydrogen-bond donors (Lipinski definition) is 1. The maximum Gasteiger partial charge on any atom is 0.119 e. The third kappa shape index (κ3) is 3.76. The van der Waals surface area contributed by atoms with E-state index in [1.54, 1.807) is 0 Å². The van der Waals surface area contributed by atoms with Crippen LogP contribution in [0, 0.1) is 0 Å². The molecule has 2 N–H and O–H groups in total. The molecule has 0 saturated heterocycles. The third-order valence-corrected chi connectivity index (χ3v) is 3.02. The first-order valence-electron chi connectivity index (χ1n) is 5.92. The third-order valence-electron chi connectivity index (χ3n) is 2.65. The van der Waals surface area contributed by atoms with Crippen LogP contribution in [-0.4, -0.2) is 12.6 Å². The Hall–Kier alpha value is -1.51. The second-order valence-corrected chi connectivity index (χ2v) is 4.59. The number of rotatable bonds is 5. The minimum Gasteiger partial charge on any atom is -0.492 e. The van der Waals surface area contributed by atoms with Crippen LogP contribution < -0.4 is 10.5 Å².